The summed E-state index contributed by atoms with van der Waals surface area (Å²) < 4.78 is 0. The second kappa shape index (κ2) is 5.53. The van der Waals surface area contributed by atoms with Crippen molar-refractivity contribution in [3.8, 4) is 22.6 Å². The molecule has 1 aromatic heterocycles. The summed E-state index contributed by atoms with van der Waals surface area (Å²) in [5.74, 6) is 0.744. The molecule has 0 unspecified atom stereocenters. The lowest BCUT2D eigenvalue weighted by molar-refractivity contribution is 1.18. The maximum absolute atomic E-state index is 4.64. The third kappa shape index (κ3) is 2.52. The van der Waals surface area contributed by atoms with Gasteiger partial charge in [-0.25, -0.2) is 9.97 Å². The lowest BCUT2D eigenvalue weighted by Crippen LogP contribution is -1.92. The Morgan fingerprint density at radius 2 is 1.55 bits per heavy atom. The zero-order valence-corrected chi connectivity index (χ0v) is 11.2. The van der Waals surface area contributed by atoms with Crippen LogP contribution in [0, 0.1) is 0 Å². The maximum atomic E-state index is 4.64. The summed E-state index contributed by atoms with van der Waals surface area (Å²) in [5.41, 5.74) is 4.13. The van der Waals surface area contributed by atoms with E-state index >= 15 is 0 Å². The van der Waals surface area contributed by atoms with Crippen molar-refractivity contribution in [1.29, 1.82) is 0 Å². The first-order chi connectivity index (χ1) is 9.86. The standard InChI is InChI=1S/C17H15N3/c1-18-15-9-7-14(8-10-15)17-19-12-11-16(20-17)13-5-3-2-4-6-13/h2-12,18H,1H3. The van der Waals surface area contributed by atoms with Gasteiger partial charge in [-0.1, -0.05) is 30.3 Å². The lowest BCUT2D eigenvalue weighted by Gasteiger charge is -2.05. The van der Waals surface area contributed by atoms with Crippen LogP contribution in [0.5, 0.6) is 0 Å². The highest BCUT2D eigenvalue weighted by atomic mass is 14.9. The molecule has 0 aliphatic heterocycles. The molecule has 3 rings (SSSR count). The van der Waals surface area contributed by atoms with E-state index in [0.717, 1.165) is 28.3 Å². The van der Waals surface area contributed by atoms with Gasteiger partial charge in [0.1, 0.15) is 0 Å². The van der Waals surface area contributed by atoms with Crippen molar-refractivity contribution in [2.24, 2.45) is 0 Å². The van der Waals surface area contributed by atoms with Crippen LogP contribution in [-0.2, 0) is 0 Å². The number of hydrogen-bond donors (Lipinski definition) is 1. The molecule has 0 fully saturated rings. The Kier molecular flexibility index (Phi) is 3.42. The molecule has 0 aliphatic carbocycles. The van der Waals surface area contributed by atoms with Crippen LogP contribution in [0.25, 0.3) is 22.6 Å². The first-order valence-corrected chi connectivity index (χ1v) is 6.53. The van der Waals surface area contributed by atoms with E-state index in [4.69, 9.17) is 0 Å². The number of aromatic nitrogens is 2. The molecule has 98 valence electrons. The molecular weight excluding hydrogens is 246 g/mol. The first-order valence-electron chi connectivity index (χ1n) is 6.53. The van der Waals surface area contributed by atoms with Crippen molar-refractivity contribution >= 4 is 5.69 Å². The summed E-state index contributed by atoms with van der Waals surface area (Å²) in [4.78, 5) is 9.00. The third-order valence-corrected chi connectivity index (χ3v) is 3.16. The lowest BCUT2D eigenvalue weighted by atomic mass is 10.1. The fourth-order valence-electron chi connectivity index (χ4n) is 2.05. The molecule has 0 bridgehead atoms. The minimum atomic E-state index is 0.744. The largest absolute Gasteiger partial charge is 0.388 e. The van der Waals surface area contributed by atoms with Crippen LogP contribution in [0.15, 0.2) is 66.9 Å². The Balaban J connectivity index is 1.98. The molecule has 0 atom stereocenters. The molecule has 0 amide bonds. The number of nitrogens with zero attached hydrogens (tertiary/aromatic N) is 2. The second-order valence-electron chi connectivity index (χ2n) is 4.46. The Labute approximate surface area is 118 Å². The zero-order chi connectivity index (χ0) is 13.8. The molecule has 3 nitrogen and oxygen atoms in total. The fraction of sp³-hybridized carbons (Fsp3) is 0.0588. The van der Waals surface area contributed by atoms with E-state index in [1.54, 1.807) is 6.20 Å². The van der Waals surface area contributed by atoms with E-state index in [2.05, 4.69) is 27.4 Å². The summed E-state index contributed by atoms with van der Waals surface area (Å²) in [5, 5.41) is 3.10. The van der Waals surface area contributed by atoms with E-state index in [9.17, 15) is 0 Å². The third-order valence-electron chi connectivity index (χ3n) is 3.16. The van der Waals surface area contributed by atoms with Gasteiger partial charge in [0, 0.05) is 30.1 Å². The van der Waals surface area contributed by atoms with Gasteiger partial charge in [-0.3, -0.25) is 0 Å². The van der Waals surface area contributed by atoms with Gasteiger partial charge in [-0.2, -0.15) is 0 Å². The highest BCUT2D eigenvalue weighted by Gasteiger charge is 2.04. The predicted molar refractivity (Wildman–Crippen MR) is 82.5 cm³/mol. The van der Waals surface area contributed by atoms with Gasteiger partial charge in [0.15, 0.2) is 5.82 Å². The summed E-state index contributed by atoms with van der Waals surface area (Å²) in [6, 6.07) is 20.2. The Morgan fingerprint density at radius 1 is 0.800 bits per heavy atom. The van der Waals surface area contributed by atoms with Crippen LogP contribution in [0.3, 0.4) is 0 Å². The quantitative estimate of drug-likeness (QED) is 0.778. The second-order valence-corrected chi connectivity index (χ2v) is 4.46. The SMILES string of the molecule is CNc1ccc(-c2nccc(-c3ccccc3)n2)cc1. The van der Waals surface area contributed by atoms with Crippen LogP contribution < -0.4 is 5.32 Å². The van der Waals surface area contributed by atoms with Crippen molar-refractivity contribution in [2.45, 2.75) is 0 Å². The minimum Gasteiger partial charge on any atom is -0.388 e. The number of benzene rings is 2. The zero-order valence-electron chi connectivity index (χ0n) is 11.2. The van der Waals surface area contributed by atoms with Gasteiger partial charge in [0.05, 0.1) is 5.69 Å². The molecule has 20 heavy (non-hydrogen) atoms. The van der Waals surface area contributed by atoms with E-state index in [0.29, 0.717) is 0 Å². The highest BCUT2D eigenvalue weighted by molar-refractivity contribution is 5.64. The predicted octanol–water partition coefficient (Wildman–Crippen LogP) is 3.85. The molecule has 0 spiro atoms. The van der Waals surface area contributed by atoms with Crippen LogP contribution in [0.4, 0.5) is 5.69 Å². The van der Waals surface area contributed by atoms with Crippen LogP contribution in [0.1, 0.15) is 0 Å². The maximum Gasteiger partial charge on any atom is 0.159 e. The molecule has 3 aromatic rings. The molecule has 0 radical (unpaired) electrons. The topological polar surface area (TPSA) is 37.8 Å². The summed E-state index contributed by atoms with van der Waals surface area (Å²) >= 11 is 0. The minimum absolute atomic E-state index is 0.744. The van der Waals surface area contributed by atoms with Crippen molar-refractivity contribution < 1.29 is 0 Å². The van der Waals surface area contributed by atoms with Crippen molar-refractivity contribution in [3.05, 3.63) is 66.9 Å². The summed E-state index contributed by atoms with van der Waals surface area (Å²) in [6.07, 6.45) is 1.80. The average molecular weight is 261 g/mol. The van der Waals surface area contributed by atoms with E-state index in [1.165, 1.54) is 0 Å². The summed E-state index contributed by atoms with van der Waals surface area (Å²) in [7, 11) is 1.90. The Morgan fingerprint density at radius 3 is 2.25 bits per heavy atom. The van der Waals surface area contributed by atoms with Gasteiger partial charge < -0.3 is 5.32 Å². The normalized spacial score (nSPS) is 10.2. The van der Waals surface area contributed by atoms with Gasteiger partial charge in [-0.15, -0.1) is 0 Å². The molecule has 3 heteroatoms. The molecule has 0 saturated carbocycles. The molecule has 1 heterocycles. The van der Waals surface area contributed by atoms with Gasteiger partial charge in [0.2, 0.25) is 0 Å². The molecule has 0 saturated heterocycles. The number of anilines is 1. The highest BCUT2D eigenvalue weighted by Crippen LogP contribution is 2.21. The monoisotopic (exact) mass is 261 g/mol. The molecular formula is C17H15N3. The van der Waals surface area contributed by atoms with E-state index in [-0.39, 0.29) is 0 Å². The Hall–Kier alpha value is -2.68. The molecule has 0 aliphatic rings. The number of rotatable bonds is 3. The van der Waals surface area contributed by atoms with Crippen LogP contribution in [-0.4, -0.2) is 17.0 Å². The van der Waals surface area contributed by atoms with Crippen molar-refractivity contribution in [3.63, 3.8) is 0 Å². The van der Waals surface area contributed by atoms with Gasteiger partial charge in [-0.05, 0) is 30.3 Å². The Bertz CT molecular complexity index is 691. The molecule has 2 aromatic carbocycles. The van der Waals surface area contributed by atoms with Crippen molar-refractivity contribution in [2.75, 3.05) is 12.4 Å². The summed E-state index contributed by atoms with van der Waals surface area (Å²) in [6.45, 7) is 0. The van der Waals surface area contributed by atoms with E-state index < -0.39 is 0 Å². The fourth-order valence-corrected chi connectivity index (χ4v) is 2.05. The van der Waals surface area contributed by atoms with Crippen LogP contribution in [0.2, 0.25) is 0 Å². The number of nitrogens with one attached hydrogen (secondary N) is 1. The average Bonchev–Trinajstić information content (AvgIpc) is 2.56. The number of hydrogen-bond acceptors (Lipinski definition) is 3. The van der Waals surface area contributed by atoms with Gasteiger partial charge >= 0.3 is 0 Å². The van der Waals surface area contributed by atoms with Crippen LogP contribution >= 0.6 is 0 Å². The van der Waals surface area contributed by atoms with Crippen molar-refractivity contribution in [1.82, 2.24) is 9.97 Å². The first kappa shape index (κ1) is 12.4. The van der Waals surface area contributed by atoms with Gasteiger partial charge in [0.25, 0.3) is 0 Å². The smallest absolute Gasteiger partial charge is 0.159 e. The van der Waals surface area contributed by atoms with E-state index in [1.807, 2.05) is 55.6 Å². The molecule has 1 N–H and O–H groups in total.